The predicted molar refractivity (Wildman–Crippen MR) is 156 cm³/mol. The fourth-order valence-electron chi connectivity index (χ4n) is 4.05. The number of methoxy groups -OCH3 is 1. The Morgan fingerprint density at radius 3 is 2.39 bits per heavy atom. The third-order valence-electron chi connectivity index (χ3n) is 6.37. The molecule has 1 atom stereocenters. The zero-order valence-corrected chi connectivity index (χ0v) is 25.0. The highest BCUT2D eigenvalue weighted by Gasteiger charge is 2.35. The summed E-state index contributed by atoms with van der Waals surface area (Å²) in [5, 5.41) is 14.6. The Morgan fingerprint density at radius 2 is 1.78 bits per heavy atom. The number of aryl methyl sites for hydroxylation is 1. The molecule has 218 valence electrons. The van der Waals surface area contributed by atoms with Gasteiger partial charge in [-0.25, -0.2) is 8.42 Å². The highest BCUT2D eigenvalue weighted by atomic mass is 35.5. The molecule has 0 aliphatic carbocycles. The minimum atomic E-state index is -4.62. The maximum Gasteiger partial charge on any atom is 0.273 e. The number of carbonyl (C=O) groups is 2. The number of nitro benzene ring substituents is 1. The van der Waals surface area contributed by atoms with Crippen LogP contribution in [0.15, 0.2) is 65.6 Å². The number of amides is 2. The number of nitrogens with one attached hydrogen (secondary N) is 1. The van der Waals surface area contributed by atoms with E-state index >= 15 is 0 Å². The van der Waals surface area contributed by atoms with E-state index in [4.69, 9.17) is 27.9 Å². The number of anilines is 1. The van der Waals surface area contributed by atoms with Gasteiger partial charge in [-0.2, -0.15) is 0 Å². The Kier molecular flexibility index (Phi) is 10.2. The summed E-state index contributed by atoms with van der Waals surface area (Å²) in [6, 6.07) is 13.4. The Morgan fingerprint density at radius 1 is 1.10 bits per heavy atom. The van der Waals surface area contributed by atoms with Gasteiger partial charge in [-0.3, -0.25) is 24.0 Å². The topological polar surface area (TPSA) is 139 Å². The Labute approximate surface area is 247 Å². The number of halogens is 2. The number of rotatable bonds is 11. The molecule has 0 spiro atoms. The van der Waals surface area contributed by atoms with Gasteiger partial charge in [0.1, 0.15) is 18.3 Å². The lowest BCUT2D eigenvalue weighted by molar-refractivity contribution is -0.385. The molecular formula is C27H28Cl2N4O7S. The molecule has 41 heavy (non-hydrogen) atoms. The van der Waals surface area contributed by atoms with Crippen molar-refractivity contribution in [2.75, 3.05) is 25.0 Å². The summed E-state index contributed by atoms with van der Waals surface area (Å²) in [6.45, 7) is 2.06. The molecule has 1 unspecified atom stereocenters. The summed E-state index contributed by atoms with van der Waals surface area (Å²) in [6.07, 6.45) is 0. The van der Waals surface area contributed by atoms with E-state index in [2.05, 4.69) is 5.32 Å². The molecule has 0 heterocycles. The van der Waals surface area contributed by atoms with Crippen LogP contribution in [0.25, 0.3) is 0 Å². The van der Waals surface area contributed by atoms with Gasteiger partial charge in [-0.15, -0.1) is 0 Å². The third kappa shape index (κ3) is 7.07. The molecule has 0 fully saturated rings. The van der Waals surface area contributed by atoms with Gasteiger partial charge in [0.05, 0.1) is 22.6 Å². The third-order valence-corrected chi connectivity index (χ3v) is 8.73. The summed E-state index contributed by atoms with van der Waals surface area (Å²) in [4.78, 5) is 38.2. The number of ether oxygens (including phenoxy) is 1. The van der Waals surface area contributed by atoms with Crippen molar-refractivity contribution >= 4 is 56.4 Å². The van der Waals surface area contributed by atoms with E-state index in [-0.39, 0.29) is 28.6 Å². The van der Waals surface area contributed by atoms with Gasteiger partial charge < -0.3 is 15.0 Å². The maximum atomic E-state index is 14.1. The first-order chi connectivity index (χ1) is 19.3. The van der Waals surface area contributed by atoms with Crippen molar-refractivity contribution in [1.82, 2.24) is 10.2 Å². The smallest absolute Gasteiger partial charge is 0.273 e. The monoisotopic (exact) mass is 622 g/mol. The predicted octanol–water partition coefficient (Wildman–Crippen LogP) is 4.58. The van der Waals surface area contributed by atoms with Crippen LogP contribution < -0.4 is 14.4 Å². The van der Waals surface area contributed by atoms with Crippen LogP contribution in [0.1, 0.15) is 18.1 Å². The first kappa shape index (κ1) is 31.7. The maximum absolute atomic E-state index is 14.1. The second-order valence-corrected chi connectivity index (χ2v) is 11.6. The van der Waals surface area contributed by atoms with Crippen LogP contribution in [-0.4, -0.2) is 56.8 Å². The molecule has 0 saturated carbocycles. The number of likely N-dealkylation sites (N-methyl/N-ethyl adjacent to an activating group) is 1. The zero-order valence-electron chi connectivity index (χ0n) is 22.6. The van der Waals surface area contributed by atoms with E-state index in [1.165, 1.54) is 63.2 Å². The second-order valence-electron chi connectivity index (χ2n) is 8.94. The Bertz CT molecular complexity index is 1580. The Hall–Kier alpha value is -3.87. The molecule has 2 amide bonds. The van der Waals surface area contributed by atoms with Crippen molar-refractivity contribution in [2.45, 2.75) is 31.3 Å². The SMILES string of the molecule is CNC(=O)C(C)N(Cc1ccccc1Cl)C(=O)CN(c1cc(Cl)ccc1OC)S(=O)(=O)c1ccc(C)c([N+](=O)[O-])c1. The van der Waals surface area contributed by atoms with E-state index in [1.807, 2.05) is 0 Å². The average molecular weight is 624 g/mol. The summed E-state index contributed by atoms with van der Waals surface area (Å²) >= 11 is 12.5. The lowest BCUT2D eigenvalue weighted by Gasteiger charge is -2.32. The van der Waals surface area contributed by atoms with Crippen LogP contribution in [0.4, 0.5) is 11.4 Å². The largest absolute Gasteiger partial charge is 0.495 e. The number of nitrogens with zero attached hydrogens (tertiary/aromatic N) is 3. The minimum absolute atomic E-state index is 0.0735. The van der Waals surface area contributed by atoms with Gasteiger partial charge in [0, 0.05) is 35.3 Å². The standard InChI is InChI=1S/C27H28Cl2N4O7S/c1-17-9-11-21(14-23(17)33(36)37)41(38,39)32(24-13-20(28)10-12-25(24)40-4)16-26(34)31(18(2)27(35)30-3)15-19-7-5-6-8-22(19)29/h5-14,18H,15-16H2,1-4H3,(H,30,35). The molecule has 3 aromatic carbocycles. The van der Waals surface area contributed by atoms with Crippen molar-refractivity contribution in [3.63, 3.8) is 0 Å². The summed E-state index contributed by atoms with van der Waals surface area (Å²) in [5.74, 6) is -1.17. The lowest BCUT2D eigenvalue weighted by atomic mass is 10.1. The quantitative estimate of drug-likeness (QED) is 0.244. The minimum Gasteiger partial charge on any atom is -0.495 e. The molecule has 1 N–H and O–H groups in total. The van der Waals surface area contributed by atoms with E-state index in [9.17, 15) is 28.1 Å². The van der Waals surface area contributed by atoms with Gasteiger partial charge in [-0.05, 0) is 49.7 Å². The molecule has 3 rings (SSSR count). The van der Waals surface area contributed by atoms with Gasteiger partial charge in [-0.1, -0.05) is 47.5 Å². The number of benzene rings is 3. The number of carbonyl (C=O) groups excluding carboxylic acids is 2. The number of nitro groups is 1. The molecule has 3 aromatic rings. The van der Waals surface area contributed by atoms with E-state index in [1.54, 1.807) is 24.3 Å². The number of sulfonamides is 1. The highest BCUT2D eigenvalue weighted by molar-refractivity contribution is 7.92. The molecule has 0 saturated heterocycles. The van der Waals surface area contributed by atoms with Crippen molar-refractivity contribution in [1.29, 1.82) is 0 Å². The van der Waals surface area contributed by atoms with E-state index < -0.39 is 49.9 Å². The van der Waals surface area contributed by atoms with Crippen LogP contribution in [0, 0.1) is 17.0 Å². The molecule has 14 heteroatoms. The molecule has 0 aliphatic rings. The fourth-order valence-corrected chi connectivity index (χ4v) is 5.85. The molecule has 0 radical (unpaired) electrons. The molecule has 11 nitrogen and oxygen atoms in total. The number of hydrogen-bond acceptors (Lipinski definition) is 7. The van der Waals surface area contributed by atoms with Crippen molar-refractivity contribution < 1.29 is 27.7 Å². The van der Waals surface area contributed by atoms with Gasteiger partial charge in [0.25, 0.3) is 15.7 Å². The van der Waals surface area contributed by atoms with Gasteiger partial charge >= 0.3 is 0 Å². The van der Waals surface area contributed by atoms with Gasteiger partial charge in [0.15, 0.2) is 0 Å². The van der Waals surface area contributed by atoms with E-state index in [0.717, 1.165) is 10.4 Å². The summed E-state index contributed by atoms with van der Waals surface area (Å²) in [7, 11) is -1.90. The summed E-state index contributed by atoms with van der Waals surface area (Å²) < 4.78 is 34.2. The second kappa shape index (κ2) is 13.2. The van der Waals surface area contributed by atoms with Crippen LogP contribution in [0.2, 0.25) is 10.0 Å². The van der Waals surface area contributed by atoms with E-state index in [0.29, 0.717) is 10.6 Å². The van der Waals surface area contributed by atoms with Crippen LogP contribution in [0.3, 0.4) is 0 Å². The number of hydrogen-bond donors (Lipinski definition) is 1. The zero-order chi connectivity index (χ0) is 30.5. The molecule has 0 bridgehead atoms. The molecule has 0 aliphatic heterocycles. The average Bonchev–Trinajstić information content (AvgIpc) is 2.94. The van der Waals surface area contributed by atoms with Crippen LogP contribution >= 0.6 is 23.2 Å². The molecular weight excluding hydrogens is 595 g/mol. The van der Waals surface area contributed by atoms with Crippen molar-refractivity contribution in [2.24, 2.45) is 0 Å². The Balaban J connectivity index is 2.18. The highest BCUT2D eigenvalue weighted by Crippen LogP contribution is 2.36. The van der Waals surface area contributed by atoms with Crippen molar-refractivity contribution in [3.8, 4) is 5.75 Å². The molecule has 0 aromatic heterocycles. The first-order valence-electron chi connectivity index (χ1n) is 12.2. The van der Waals surface area contributed by atoms with Crippen LogP contribution in [-0.2, 0) is 26.2 Å². The van der Waals surface area contributed by atoms with Crippen molar-refractivity contribution in [3.05, 3.63) is 92.0 Å². The lowest BCUT2D eigenvalue weighted by Crippen LogP contribution is -2.50. The van der Waals surface area contributed by atoms with Gasteiger partial charge in [0.2, 0.25) is 11.8 Å². The normalized spacial score (nSPS) is 11.9. The summed E-state index contributed by atoms with van der Waals surface area (Å²) in [5.41, 5.74) is 0.287. The fraction of sp³-hybridized carbons (Fsp3) is 0.259. The van der Waals surface area contributed by atoms with Crippen LogP contribution in [0.5, 0.6) is 5.75 Å². The first-order valence-corrected chi connectivity index (χ1v) is 14.4.